The molecule has 5 nitrogen and oxygen atoms in total. The van der Waals surface area contributed by atoms with Crippen molar-refractivity contribution in [2.75, 3.05) is 19.6 Å². The molecule has 0 spiro atoms. The van der Waals surface area contributed by atoms with Gasteiger partial charge in [0.2, 0.25) is 10.0 Å². The molecule has 1 aromatic rings. The molecule has 1 N–H and O–H groups in total. The van der Waals surface area contributed by atoms with Gasteiger partial charge in [-0.1, -0.05) is 6.07 Å². The average molecular weight is 302 g/mol. The number of piperazine rings is 1. The van der Waals surface area contributed by atoms with Crippen molar-refractivity contribution < 1.29 is 8.42 Å². The Bertz CT molecular complexity index is 583. The Kier molecular flexibility index (Phi) is 5.32. The van der Waals surface area contributed by atoms with Crippen molar-refractivity contribution in [2.24, 2.45) is 0 Å². The molecule has 1 aromatic carbocycles. The van der Waals surface area contributed by atoms with Crippen molar-refractivity contribution in [3.8, 4) is 6.07 Å². The molecule has 1 saturated heterocycles. The third-order valence-electron chi connectivity index (χ3n) is 3.01. The van der Waals surface area contributed by atoms with Crippen molar-refractivity contribution in [3.63, 3.8) is 0 Å². The molecule has 1 aliphatic rings. The number of rotatable bonds is 2. The van der Waals surface area contributed by atoms with Crippen LogP contribution in [0.1, 0.15) is 12.5 Å². The number of nitrogens with one attached hydrogen (secondary N) is 1. The SMILES string of the molecule is CC1CNCCN1S(=O)(=O)c1cccc(C#N)c1.Cl. The highest BCUT2D eigenvalue weighted by Crippen LogP contribution is 2.20. The van der Waals surface area contributed by atoms with E-state index in [4.69, 9.17) is 5.26 Å². The van der Waals surface area contributed by atoms with Crippen LogP contribution in [0.25, 0.3) is 0 Å². The van der Waals surface area contributed by atoms with Gasteiger partial charge in [-0.2, -0.15) is 9.57 Å². The zero-order valence-corrected chi connectivity index (χ0v) is 12.2. The normalized spacial score (nSPS) is 20.3. The first-order chi connectivity index (χ1) is 8.55. The van der Waals surface area contributed by atoms with E-state index >= 15 is 0 Å². The summed E-state index contributed by atoms with van der Waals surface area (Å²) < 4.78 is 26.4. The van der Waals surface area contributed by atoms with E-state index in [0.717, 1.165) is 0 Å². The molecule has 0 saturated carbocycles. The van der Waals surface area contributed by atoms with Crippen molar-refractivity contribution in [2.45, 2.75) is 17.9 Å². The predicted molar refractivity (Wildman–Crippen MR) is 74.6 cm³/mol. The molecule has 0 bridgehead atoms. The lowest BCUT2D eigenvalue weighted by atomic mass is 10.2. The van der Waals surface area contributed by atoms with Gasteiger partial charge in [0.1, 0.15) is 0 Å². The van der Waals surface area contributed by atoms with Crippen LogP contribution in [0.15, 0.2) is 29.2 Å². The van der Waals surface area contributed by atoms with Crippen LogP contribution >= 0.6 is 12.4 Å². The van der Waals surface area contributed by atoms with Crippen LogP contribution < -0.4 is 5.32 Å². The van der Waals surface area contributed by atoms with Gasteiger partial charge in [-0.3, -0.25) is 0 Å². The Balaban J connectivity index is 0.00000180. The van der Waals surface area contributed by atoms with Gasteiger partial charge >= 0.3 is 0 Å². The quantitative estimate of drug-likeness (QED) is 0.883. The van der Waals surface area contributed by atoms with Gasteiger partial charge in [0.05, 0.1) is 16.5 Å². The van der Waals surface area contributed by atoms with Crippen LogP contribution in [0.4, 0.5) is 0 Å². The topological polar surface area (TPSA) is 73.2 Å². The van der Waals surface area contributed by atoms with Gasteiger partial charge in [0.15, 0.2) is 0 Å². The fraction of sp³-hybridized carbons (Fsp3) is 0.417. The zero-order chi connectivity index (χ0) is 13.2. The summed E-state index contributed by atoms with van der Waals surface area (Å²) in [6.07, 6.45) is 0. The van der Waals surface area contributed by atoms with Gasteiger partial charge in [0, 0.05) is 25.7 Å². The predicted octanol–water partition coefficient (Wildman–Crippen LogP) is 0.962. The molecule has 1 heterocycles. The minimum atomic E-state index is -3.50. The van der Waals surface area contributed by atoms with E-state index in [0.29, 0.717) is 25.2 Å². The summed E-state index contributed by atoms with van der Waals surface area (Å²) in [5, 5.41) is 12.0. The first-order valence-corrected chi connectivity index (χ1v) is 7.22. The number of benzene rings is 1. The maximum absolute atomic E-state index is 12.5. The van der Waals surface area contributed by atoms with Gasteiger partial charge in [-0.25, -0.2) is 8.42 Å². The van der Waals surface area contributed by atoms with E-state index in [1.54, 1.807) is 12.1 Å². The van der Waals surface area contributed by atoms with Crippen molar-refractivity contribution in [1.82, 2.24) is 9.62 Å². The number of halogens is 1. The average Bonchev–Trinajstić information content (AvgIpc) is 2.39. The van der Waals surface area contributed by atoms with Crippen LogP contribution in [-0.2, 0) is 10.0 Å². The Labute approximate surface area is 119 Å². The maximum atomic E-state index is 12.5. The molecule has 0 radical (unpaired) electrons. The maximum Gasteiger partial charge on any atom is 0.243 e. The third kappa shape index (κ3) is 3.25. The molecule has 7 heteroatoms. The minimum absolute atomic E-state index is 0. The smallest absolute Gasteiger partial charge is 0.243 e. The second-order valence-corrected chi connectivity index (χ2v) is 6.20. The Morgan fingerprint density at radius 2 is 2.21 bits per heavy atom. The van der Waals surface area contributed by atoms with Crippen molar-refractivity contribution >= 4 is 22.4 Å². The van der Waals surface area contributed by atoms with Gasteiger partial charge in [-0.15, -0.1) is 12.4 Å². The van der Waals surface area contributed by atoms with Gasteiger partial charge in [0.25, 0.3) is 0 Å². The summed E-state index contributed by atoms with van der Waals surface area (Å²) in [6.45, 7) is 3.64. The van der Waals surface area contributed by atoms with E-state index < -0.39 is 10.0 Å². The first kappa shape index (κ1) is 15.9. The standard InChI is InChI=1S/C12H15N3O2S.ClH/c1-10-9-14-5-6-15(10)18(16,17)12-4-2-3-11(7-12)8-13;/h2-4,7,10,14H,5-6,9H2,1H3;1H. The second-order valence-electron chi connectivity index (χ2n) is 4.31. The van der Waals surface area contributed by atoms with E-state index in [1.165, 1.54) is 16.4 Å². The van der Waals surface area contributed by atoms with Crippen LogP contribution in [0, 0.1) is 11.3 Å². The first-order valence-electron chi connectivity index (χ1n) is 5.78. The number of hydrogen-bond acceptors (Lipinski definition) is 4. The molecule has 104 valence electrons. The summed E-state index contributed by atoms with van der Waals surface area (Å²) >= 11 is 0. The van der Waals surface area contributed by atoms with Crippen LogP contribution in [0.2, 0.25) is 0 Å². The van der Waals surface area contributed by atoms with Gasteiger partial charge in [-0.05, 0) is 25.1 Å². The molecule has 2 rings (SSSR count). The van der Waals surface area contributed by atoms with Crippen molar-refractivity contribution in [3.05, 3.63) is 29.8 Å². The highest BCUT2D eigenvalue weighted by Gasteiger charge is 2.30. The minimum Gasteiger partial charge on any atom is -0.314 e. The lowest BCUT2D eigenvalue weighted by Gasteiger charge is -2.32. The number of nitriles is 1. The monoisotopic (exact) mass is 301 g/mol. The summed E-state index contributed by atoms with van der Waals surface area (Å²) in [6, 6.07) is 8.03. The number of nitrogens with zero attached hydrogens (tertiary/aromatic N) is 2. The largest absolute Gasteiger partial charge is 0.314 e. The highest BCUT2D eigenvalue weighted by molar-refractivity contribution is 7.89. The summed E-state index contributed by atoms with van der Waals surface area (Å²) in [5.41, 5.74) is 0.360. The molecule has 1 unspecified atom stereocenters. The van der Waals surface area contributed by atoms with Crippen molar-refractivity contribution in [1.29, 1.82) is 5.26 Å². The fourth-order valence-corrected chi connectivity index (χ4v) is 3.72. The lowest BCUT2D eigenvalue weighted by molar-refractivity contribution is 0.284. The Morgan fingerprint density at radius 3 is 2.84 bits per heavy atom. The Hall–Kier alpha value is -1.13. The molecular weight excluding hydrogens is 286 g/mol. The molecule has 0 aromatic heterocycles. The van der Waals surface area contributed by atoms with Crippen LogP contribution in [0.5, 0.6) is 0 Å². The second kappa shape index (κ2) is 6.35. The summed E-state index contributed by atoms with van der Waals surface area (Å²) in [5.74, 6) is 0. The Morgan fingerprint density at radius 1 is 1.47 bits per heavy atom. The molecule has 0 amide bonds. The van der Waals surface area contributed by atoms with E-state index in [9.17, 15) is 8.42 Å². The molecule has 1 aliphatic heterocycles. The molecule has 1 atom stereocenters. The molecular formula is C12H16ClN3O2S. The fourth-order valence-electron chi connectivity index (χ4n) is 2.04. The van der Waals surface area contributed by atoms with E-state index in [1.807, 2.05) is 13.0 Å². The van der Waals surface area contributed by atoms with Crippen LogP contribution in [0.3, 0.4) is 0 Å². The van der Waals surface area contributed by atoms with E-state index in [2.05, 4.69) is 5.32 Å². The highest BCUT2D eigenvalue weighted by atomic mass is 35.5. The molecule has 1 fully saturated rings. The van der Waals surface area contributed by atoms with Gasteiger partial charge < -0.3 is 5.32 Å². The van der Waals surface area contributed by atoms with Crippen LogP contribution in [-0.4, -0.2) is 38.4 Å². The molecule has 0 aliphatic carbocycles. The number of hydrogen-bond donors (Lipinski definition) is 1. The summed E-state index contributed by atoms with van der Waals surface area (Å²) in [7, 11) is -3.50. The lowest BCUT2D eigenvalue weighted by Crippen LogP contribution is -2.52. The zero-order valence-electron chi connectivity index (χ0n) is 10.5. The summed E-state index contributed by atoms with van der Waals surface area (Å²) in [4.78, 5) is 0.190. The molecule has 19 heavy (non-hydrogen) atoms. The van der Waals surface area contributed by atoms with E-state index in [-0.39, 0.29) is 23.3 Å². The third-order valence-corrected chi connectivity index (χ3v) is 5.02. The number of sulfonamides is 1.